The SMILES string of the molecule is CCCN(CCC)CCCC[C@H](NC(=O)[C@@H](NC(=O)CCCCCn1cc(-c2cnc(=S)[nH]c2)nn1)C(C)C)C(=O)NCC(=O)NCOCC#Cc1c2c(nc3cc4c(cc13)OCO4)-c1cc3c(c(=O)n1C2)COC(=O)[C@]3(O)CC. The standard InChI is InChI=1S/C56H70N12O11S/c1-6-18-66(19-7-2)20-13-11-16-41(62-52(72)49(34(4)5)63-47(69)17-10-9-12-21-67-30-43(64-65-67)35-26-58-55(80)59-27-35)51(71)57-28-48(70)60-32-76-22-14-15-36-37-23-45-46(79-33-78-45)25-42(37)61-50-38(36)29-68-44(50)24-40-39(53(68)73)31-77-54(74)56(40,75)8-3/h23-27,30,34,41,49,75H,6-13,16-22,28-29,31-33H2,1-5H3,(H,57,71)(H,60,70)(H,62,72)(H,63,69)(H,58,59,80)/t41-,49-,56-/m0/s1. The molecule has 0 saturated heterocycles. The van der Waals surface area contributed by atoms with Gasteiger partial charge in [0.25, 0.3) is 5.56 Å². The van der Waals surface area contributed by atoms with E-state index >= 15 is 0 Å². The molecule has 4 amide bonds. The van der Waals surface area contributed by atoms with E-state index in [2.05, 4.69) is 72.1 Å². The highest BCUT2D eigenvalue weighted by atomic mass is 32.1. The summed E-state index contributed by atoms with van der Waals surface area (Å²) >= 11 is 5.01. The van der Waals surface area contributed by atoms with E-state index in [0.29, 0.717) is 81.2 Å². The van der Waals surface area contributed by atoms with Gasteiger partial charge in [-0.25, -0.2) is 14.8 Å². The molecule has 3 atom stereocenters. The zero-order valence-electron chi connectivity index (χ0n) is 45.9. The molecule has 23 nitrogen and oxygen atoms in total. The number of pyridine rings is 2. The largest absolute Gasteiger partial charge is 0.458 e. The molecule has 5 aromatic rings. The van der Waals surface area contributed by atoms with Crippen molar-refractivity contribution in [3.8, 4) is 46.0 Å². The topological polar surface area (TPSA) is 288 Å². The second kappa shape index (κ2) is 27.0. The molecule has 3 aliphatic rings. The number of benzene rings is 1. The van der Waals surface area contributed by atoms with Gasteiger partial charge < -0.3 is 59.8 Å². The third-order valence-electron chi connectivity index (χ3n) is 14.4. The Labute approximate surface area is 468 Å². The molecule has 80 heavy (non-hydrogen) atoms. The number of ether oxygens (including phenoxy) is 4. The smallest absolute Gasteiger partial charge is 0.343 e. The number of carbonyl (C=O) groups excluding carboxylic acids is 5. The molecule has 0 saturated carbocycles. The first kappa shape index (κ1) is 58.6. The number of rotatable bonds is 27. The number of hydrogen-bond acceptors (Lipinski definition) is 17. The predicted octanol–water partition coefficient (Wildman–Crippen LogP) is 4.26. The second-order valence-electron chi connectivity index (χ2n) is 20.4. The second-order valence-corrected chi connectivity index (χ2v) is 20.8. The van der Waals surface area contributed by atoms with Gasteiger partial charge >= 0.3 is 5.97 Å². The fourth-order valence-electron chi connectivity index (χ4n) is 10.0. The Morgan fingerprint density at radius 2 is 1.73 bits per heavy atom. The first-order valence-electron chi connectivity index (χ1n) is 27.4. The van der Waals surface area contributed by atoms with E-state index < -0.39 is 53.5 Å². The molecule has 4 aromatic heterocycles. The highest BCUT2D eigenvalue weighted by Crippen LogP contribution is 2.43. The van der Waals surface area contributed by atoms with Crippen LogP contribution in [0.3, 0.4) is 0 Å². The molecule has 0 radical (unpaired) electrons. The zero-order valence-corrected chi connectivity index (χ0v) is 46.7. The summed E-state index contributed by atoms with van der Waals surface area (Å²) in [6.07, 6.45) is 11.3. The van der Waals surface area contributed by atoms with Crippen molar-refractivity contribution in [2.75, 3.05) is 46.3 Å². The third-order valence-corrected chi connectivity index (χ3v) is 14.6. The summed E-state index contributed by atoms with van der Waals surface area (Å²) in [6, 6.07) is 3.26. The zero-order chi connectivity index (χ0) is 56.9. The molecular formula is C56H70N12O11S. The molecule has 0 unspecified atom stereocenters. The minimum atomic E-state index is -1.99. The normalized spacial score (nSPS) is 15.6. The van der Waals surface area contributed by atoms with Crippen molar-refractivity contribution in [2.45, 2.75) is 136 Å². The maximum Gasteiger partial charge on any atom is 0.343 e. The van der Waals surface area contributed by atoms with E-state index in [1.807, 2.05) is 20.0 Å². The maximum atomic E-state index is 13.9. The molecule has 0 spiro atoms. The van der Waals surface area contributed by atoms with Gasteiger partial charge in [0, 0.05) is 59.1 Å². The van der Waals surface area contributed by atoms with Gasteiger partial charge in [0.2, 0.25) is 30.4 Å². The molecule has 0 fully saturated rings. The molecule has 426 valence electrons. The summed E-state index contributed by atoms with van der Waals surface area (Å²) in [5, 5.41) is 31.5. The fraction of sp³-hybridized carbons (Fsp3) is 0.518. The van der Waals surface area contributed by atoms with Crippen LogP contribution in [0.5, 0.6) is 11.5 Å². The van der Waals surface area contributed by atoms with Crippen LogP contribution < -0.4 is 36.3 Å². The van der Waals surface area contributed by atoms with Gasteiger partial charge in [-0.05, 0) is 101 Å². The van der Waals surface area contributed by atoms with Gasteiger partial charge in [0.15, 0.2) is 21.9 Å². The molecule has 8 rings (SSSR count). The number of aromatic nitrogens is 7. The Morgan fingerprint density at radius 1 is 0.938 bits per heavy atom. The number of aromatic amines is 1. The van der Waals surface area contributed by atoms with Crippen LogP contribution in [0.15, 0.2) is 41.6 Å². The molecule has 6 N–H and O–H groups in total. The first-order valence-corrected chi connectivity index (χ1v) is 27.8. The lowest BCUT2D eigenvalue weighted by Crippen LogP contribution is -2.56. The van der Waals surface area contributed by atoms with E-state index in [1.54, 1.807) is 42.2 Å². The summed E-state index contributed by atoms with van der Waals surface area (Å²) in [6.45, 7) is 12.1. The van der Waals surface area contributed by atoms with Crippen LogP contribution in [0.25, 0.3) is 33.5 Å². The molecular weight excluding hydrogens is 1050 g/mol. The van der Waals surface area contributed by atoms with Gasteiger partial charge in [0.1, 0.15) is 37.7 Å². The Balaban J connectivity index is 0.847. The molecule has 24 heteroatoms. The van der Waals surface area contributed by atoms with Crippen LogP contribution in [0.4, 0.5) is 0 Å². The van der Waals surface area contributed by atoms with Crippen LogP contribution in [-0.2, 0) is 58.7 Å². The van der Waals surface area contributed by atoms with Crippen LogP contribution in [0.2, 0.25) is 0 Å². The Kier molecular flexibility index (Phi) is 19.8. The molecule has 0 aliphatic carbocycles. The average molecular weight is 1120 g/mol. The van der Waals surface area contributed by atoms with E-state index in [9.17, 15) is 33.9 Å². The molecule has 1 aromatic carbocycles. The Hall–Kier alpha value is -7.59. The summed E-state index contributed by atoms with van der Waals surface area (Å²) in [7, 11) is 0. The predicted molar refractivity (Wildman–Crippen MR) is 296 cm³/mol. The van der Waals surface area contributed by atoms with Gasteiger partial charge in [-0.2, -0.15) is 0 Å². The van der Waals surface area contributed by atoms with Crippen molar-refractivity contribution in [3.05, 3.63) is 74.2 Å². The van der Waals surface area contributed by atoms with Gasteiger partial charge in [-0.3, -0.25) is 28.7 Å². The molecule has 7 heterocycles. The lowest BCUT2D eigenvalue weighted by atomic mass is 9.86. The molecule has 0 bridgehead atoms. The number of fused-ring (bicyclic) bond motifs is 6. The van der Waals surface area contributed by atoms with Crippen molar-refractivity contribution in [1.82, 2.24) is 60.7 Å². The lowest BCUT2D eigenvalue weighted by Gasteiger charge is -2.31. The quantitative estimate of drug-likeness (QED) is 0.0138. The number of unbranched alkanes of at least 4 members (excludes halogenated alkanes) is 3. The summed E-state index contributed by atoms with van der Waals surface area (Å²) in [5.74, 6) is 4.24. The van der Waals surface area contributed by atoms with Gasteiger partial charge in [-0.15, -0.1) is 5.10 Å². The van der Waals surface area contributed by atoms with E-state index in [0.717, 1.165) is 57.3 Å². The summed E-state index contributed by atoms with van der Waals surface area (Å²) < 4.78 is 25.9. The van der Waals surface area contributed by atoms with E-state index in [-0.39, 0.29) is 69.1 Å². The number of amides is 4. The minimum Gasteiger partial charge on any atom is -0.458 e. The number of carbonyl (C=O) groups is 5. The third kappa shape index (κ3) is 13.9. The summed E-state index contributed by atoms with van der Waals surface area (Å²) in [5.41, 5.74) is 1.98. The van der Waals surface area contributed by atoms with Crippen molar-refractivity contribution in [1.29, 1.82) is 0 Å². The number of nitrogens with one attached hydrogen (secondary N) is 5. The van der Waals surface area contributed by atoms with E-state index in [4.69, 9.17) is 36.1 Å². The van der Waals surface area contributed by atoms with Gasteiger partial charge in [0.05, 0.1) is 41.8 Å². The van der Waals surface area contributed by atoms with E-state index in [1.165, 1.54) is 4.57 Å². The van der Waals surface area contributed by atoms with Crippen molar-refractivity contribution >= 4 is 52.7 Å². The van der Waals surface area contributed by atoms with Gasteiger partial charge in [-0.1, -0.05) is 58.1 Å². The van der Waals surface area contributed by atoms with Crippen LogP contribution in [0.1, 0.15) is 121 Å². The van der Waals surface area contributed by atoms with Crippen molar-refractivity contribution < 1.29 is 48.0 Å². The summed E-state index contributed by atoms with van der Waals surface area (Å²) in [4.78, 5) is 94.9. The van der Waals surface area contributed by atoms with Crippen molar-refractivity contribution in [2.24, 2.45) is 5.92 Å². The Bertz CT molecular complexity index is 3270. The van der Waals surface area contributed by atoms with Crippen molar-refractivity contribution in [3.63, 3.8) is 0 Å². The molecule has 3 aliphatic heterocycles. The van der Waals surface area contributed by atoms with Crippen LogP contribution >= 0.6 is 12.2 Å². The first-order chi connectivity index (χ1) is 38.6. The average Bonchev–Trinajstić information content (AvgIpc) is 4.40. The number of cyclic esters (lactones) is 1. The van der Waals surface area contributed by atoms with Crippen LogP contribution in [-0.4, -0.2) is 133 Å². The fourth-order valence-corrected chi connectivity index (χ4v) is 10.2. The number of esters is 1. The lowest BCUT2D eigenvalue weighted by molar-refractivity contribution is -0.172. The number of aryl methyl sites for hydroxylation is 1. The Morgan fingerprint density at radius 3 is 2.46 bits per heavy atom. The number of H-pyrrole nitrogens is 1. The number of nitrogens with zero attached hydrogens (tertiary/aromatic N) is 7. The van der Waals surface area contributed by atoms with Crippen LogP contribution in [0, 0.1) is 22.5 Å². The monoisotopic (exact) mass is 1120 g/mol. The number of hydrogen-bond donors (Lipinski definition) is 6. The highest BCUT2D eigenvalue weighted by Gasteiger charge is 2.45. The number of aliphatic hydroxyl groups is 1. The minimum absolute atomic E-state index is 0.000380. The maximum absolute atomic E-state index is 13.9. The highest BCUT2D eigenvalue weighted by molar-refractivity contribution is 7.71.